The largest absolute Gasteiger partial charge is 0.303 e. The van der Waals surface area contributed by atoms with Crippen LogP contribution in [0.1, 0.15) is 37.1 Å². The van der Waals surface area contributed by atoms with E-state index in [0.717, 1.165) is 28.2 Å². The fourth-order valence-electron chi connectivity index (χ4n) is 3.03. The maximum atomic E-state index is 12.4. The molecule has 0 unspecified atom stereocenters. The van der Waals surface area contributed by atoms with Crippen LogP contribution in [0.3, 0.4) is 0 Å². The van der Waals surface area contributed by atoms with Crippen LogP contribution in [-0.2, 0) is 11.2 Å². The van der Waals surface area contributed by atoms with Gasteiger partial charge < -0.3 is 4.40 Å². The number of benzene rings is 1. The Hall–Kier alpha value is -2.42. The molecule has 0 saturated heterocycles. The summed E-state index contributed by atoms with van der Waals surface area (Å²) in [5.74, 6) is 0.642. The third-order valence-corrected chi connectivity index (χ3v) is 4.19. The Morgan fingerprint density at radius 1 is 1.04 bits per heavy atom. The van der Waals surface area contributed by atoms with E-state index in [0.29, 0.717) is 18.8 Å². The Kier molecular flexibility index (Phi) is 4.52. The van der Waals surface area contributed by atoms with Crippen molar-refractivity contribution < 1.29 is 4.79 Å². The number of nitrogens with zero attached hydrogens (tertiary/aromatic N) is 2. The SMILES string of the molecule is Cc1ccc(-c2nc3ccc(C)cn3c2CC(=O)CC(C)C)cc1. The van der Waals surface area contributed by atoms with Gasteiger partial charge in [0.1, 0.15) is 11.4 Å². The summed E-state index contributed by atoms with van der Waals surface area (Å²) in [6.45, 7) is 8.30. The monoisotopic (exact) mass is 320 g/mol. The van der Waals surface area contributed by atoms with Crippen LogP contribution >= 0.6 is 0 Å². The number of aryl methyl sites for hydroxylation is 2. The third kappa shape index (κ3) is 3.40. The minimum absolute atomic E-state index is 0.265. The molecule has 3 nitrogen and oxygen atoms in total. The lowest BCUT2D eigenvalue weighted by Crippen LogP contribution is -2.09. The molecule has 3 rings (SSSR count). The highest BCUT2D eigenvalue weighted by molar-refractivity contribution is 5.83. The number of aromatic nitrogens is 2. The Morgan fingerprint density at radius 3 is 2.38 bits per heavy atom. The molecule has 0 aliphatic heterocycles. The number of hydrogen-bond donors (Lipinski definition) is 0. The average molecular weight is 320 g/mol. The van der Waals surface area contributed by atoms with Crippen LogP contribution in [0.25, 0.3) is 16.9 Å². The van der Waals surface area contributed by atoms with Crippen LogP contribution < -0.4 is 0 Å². The van der Waals surface area contributed by atoms with Gasteiger partial charge in [-0.05, 0) is 31.4 Å². The number of rotatable bonds is 5. The summed E-state index contributed by atoms with van der Waals surface area (Å²) in [4.78, 5) is 17.2. The van der Waals surface area contributed by atoms with E-state index >= 15 is 0 Å². The zero-order valence-corrected chi connectivity index (χ0v) is 14.8. The quantitative estimate of drug-likeness (QED) is 0.678. The van der Waals surface area contributed by atoms with E-state index in [9.17, 15) is 4.79 Å². The summed E-state index contributed by atoms with van der Waals surface area (Å²) >= 11 is 0. The first-order chi connectivity index (χ1) is 11.4. The van der Waals surface area contributed by atoms with Gasteiger partial charge in [-0.1, -0.05) is 49.7 Å². The zero-order chi connectivity index (χ0) is 17.3. The van der Waals surface area contributed by atoms with Crippen LogP contribution in [-0.4, -0.2) is 15.2 Å². The van der Waals surface area contributed by atoms with Gasteiger partial charge >= 0.3 is 0 Å². The first-order valence-corrected chi connectivity index (χ1v) is 8.50. The van der Waals surface area contributed by atoms with Crippen LogP contribution in [0.4, 0.5) is 0 Å². The topological polar surface area (TPSA) is 34.4 Å². The molecule has 0 atom stereocenters. The van der Waals surface area contributed by atoms with E-state index in [-0.39, 0.29) is 5.78 Å². The standard InChI is InChI=1S/C21H24N2O/c1-14(2)11-18(24)12-19-21(17-8-5-15(3)6-9-17)22-20-10-7-16(4)13-23(19)20/h5-10,13-14H,11-12H2,1-4H3. The minimum Gasteiger partial charge on any atom is -0.303 e. The van der Waals surface area contributed by atoms with Gasteiger partial charge in [0.05, 0.1) is 11.4 Å². The second kappa shape index (κ2) is 6.60. The molecule has 0 aliphatic rings. The maximum Gasteiger partial charge on any atom is 0.139 e. The molecule has 0 aliphatic carbocycles. The average Bonchev–Trinajstić information content (AvgIpc) is 2.85. The fraction of sp³-hybridized carbons (Fsp3) is 0.333. The van der Waals surface area contributed by atoms with Crippen molar-refractivity contribution >= 4 is 11.4 Å². The number of hydrogen-bond acceptors (Lipinski definition) is 2. The normalized spacial score (nSPS) is 11.4. The minimum atomic E-state index is 0.265. The zero-order valence-electron chi connectivity index (χ0n) is 14.8. The van der Waals surface area contributed by atoms with Gasteiger partial charge in [0.15, 0.2) is 0 Å². The molecule has 124 valence electrons. The summed E-state index contributed by atoms with van der Waals surface area (Å²) in [6.07, 6.45) is 3.09. The summed E-state index contributed by atoms with van der Waals surface area (Å²) in [6, 6.07) is 12.4. The highest BCUT2D eigenvalue weighted by Crippen LogP contribution is 2.26. The van der Waals surface area contributed by atoms with E-state index in [4.69, 9.17) is 4.98 Å². The molecular formula is C21H24N2O. The Labute approximate surface area is 143 Å². The molecule has 0 radical (unpaired) electrons. The van der Waals surface area contributed by atoms with Crippen molar-refractivity contribution in [2.24, 2.45) is 5.92 Å². The first kappa shape index (κ1) is 16.4. The smallest absolute Gasteiger partial charge is 0.139 e. The maximum absolute atomic E-state index is 12.4. The van der Waals surface area contributed by atoms with Crippen molar-refractivity contribution in [2.75, 3.05) is 0 Å². The Morgan fingerprint density at radius 2 is 1.71 bits per heavy atom. The van der Waals surface area contributed by atoms with Crippen molar-refractivity contribution in [2.45, 2.75) is 40.5 Å². The molecule has 1 aromatic carbocycles. The predicted molar refractivity (Wildman–Crippen MR) is 98.3 cm³/mol. The lowest BCUT2D eigenvalue weighted by atomic mass is 10.0. The van der Waals surface area contributed by atoms with Gasteiger partial charge in [-0.3, -0.25) is 4.79 Å². The number of fused-ring (bicyclic) bond motifs is 1. The molecule has 0 amide bonds. The lowest BCUT2D eigenvalue weighted by Gasteiger charge is -2.07. The summed E-state index contributed by atoms with van der Waals surface area (Å²) in [5, 5.41) is 0. The van der Waals surface area contributed by atoms with Crippen molar-refractivity contribution in [3.63, 3.8) is 0 Å². The van der Waals surface area contributed by atoms with Crippen LogP contribution in [0.2, 0.25) is 0 Å². The number of carbonyl (C=O) groups is 1. The van der Waals surface area contributed by atoms with Gasteiger partial charge in [0.2, 0.25) is 0 Å². The second-order valence-corrected chi connectivity index (χ2v) is 7.02. The molecule has 0 N–H and O–H groups in total. The van der Waals surface area contributed by atoms with E-state index in [2.05, 4.69) is 68.6 Å². The highest BCUT2D eigenvalue weighted by atomic mass is 16.1. The number of pyridine rings is 1. The lowest BCUT2D eigenvalue weighted by molar-refractivity contribution is -0.119. The summed E-state index contributed by atoms with van der Waals surface area (Å²) < 4.78 is 2.07. The van der Waals surface area contributed by atoms with Gasteiger partial charge in [-0.25, -0.2) is 4.98 Å². The molecule has 2 heterocycles. The molecule has 2 aromatic heterocycles. The molecule has 0 bridgehead atoms. The molecule has 24 heavy (non-hydrogen) atoms. The Balaban J connectivity index is 2.11. The van der Waals surface area contributed by atoms with Crippen molar-refractivity contribution in [1.29, 1.82) is 0 Å². The fourth-order valence-corrected chi connectivity index (χ4v) is 3.03. The van der Waals surface area contributed by atoms with Crippen LogP contribution in [0.5, 0.6) is 0 Å². The number of imidazole rings is 1. The van der Waals surface area contributed by atoms with Crippen molar-refractivity contribution in [3.8, 4) is 11.3 Å². The number of ketones is 1. The summed E-state index contributed by atoms with van der Waals surface area (Å²) in [5.41, 5.74) is 6.24. The van der Waals surface area contributed by atoms with Gasteiger partial charge in [-0.2, -0.15) is 0 Å². The molecule has 3 heteroatoms. The molecule has 0 saturated carbocycles. The van der Waals surface area contributed by atoms with E-state index in [1.165, 1.54) is 5.56 Å². The second-order valence-electron chi connectivity index (χ2n) is 7.02. The van der Waals surface area contributed by atoms with E-state index in [1.807, 2.05) is 6.07 Å². The van der Waals surface area contributed by atoms with Gasteiger partial charge in [0.25, 0.3) is 0 Å². The van der Waals surface area contributed by atoms with Crippen LogP contribution in [0, 0.1) is 19.8 Å². The first-order valence-electron chi connectivity index (χ1n) is 8.50. The van der Waals surface area contributed by atoms with Crippen molar-refractivity contribution in [1.82, 2.24) is 9.38 Å². The number of carbonyl (C=O) groups excluding carboxylic acids is 1. The molecule has 0 spiro atoms. The third-order valence-electron chi connectivity index (χ3n) is 4.19. The van der Waals surface area contributed by atoms with E-state index in [1.54, 1.807) is 0 Å². The molecule has 0 fully saturated rings. The van der Waals surface area contributed by atoms with E-state index < -0.39 is 0 Å². The number of Topliss-reactive ketones (excluding diaryl/α,β-unsaturated/α-hetero) is 1. The highest BCUT2D eigenvalue weighted by Gasteiger charge is 2.17. The Bertz CT molecular complexity index is 873. The van der Waals surface area contributed by atoms with Crippen molar-refractivity contribution in [3.05, 3.63) is 59.4 Å². The summed E-state index contributed by atoms with van der Waals surface area (Å²) in [7, 11) is 0. The molecular weight excluding hydrogens is 296 g/mol. The predicted octanol–water partition coefficient (Wildman–Crippen LogP) is 4.78. The van der Waals surface area contributed by atoms with Gasteiger partial charge in [-0.15, -0.1) is 0 Å². The van der Waals surface area contributed by atoms with Crippen LogP contribution in [0.15, 0.2) is 42.6 Å². The molecule has 3 aromatic rings. The van der Waals surface area contributed by atoms with Gasteiger partial charge in [0, 0.05) is 24.6 Å².